The van der Waals surface area contributed by atoms with E-state index in [0.717, 1.165) is 12.0 Å². The number of furan rings is 1. The average Bonchev–Trinajstić information content (AvgIpc) is 2.90. The SMILES string of the molecule is C[C@H](N[C@H](C)c1ccco1)c1ccc(S(C)(=O)=O)c(F)c1. The van der Waals surface area contributed by atoms with Gasteiger partial charge >= 0.3 is 0 Å². The maximum atomic E-state index is 13.9. The lowest BCUT2D eigenvalue weighted by Gasteiger charge is -2.19. The fourth-order valence-electron chi connectivity index (χ4n) is 2.18. The van der Waals surface area contributed by atoms with Crippen LogP contribution in [-0.4, -0.2) is 14.7 Å². The number of halogens is 1. The van der Waals surface area contributed by atoms with Crippen LogP contribution in [0.2, 0.25) is 0 Å². The van der Waals surface area contributed by atoms with Gasteiger partial charge in [0.2, 0.25) is 0 Å². The van der Waals surface area contributed by atoms with Crippen LogP contribution in [0.5, 0.6) is 0 Å². The second-order valence-electron chi connectivity index (χ2n) is 5.09. The zero-order valence-corrected chi connectivity index (χ0v) is 12.9. The molecule has 1 N–H and O–H groups in total. The molecule has 1 aromatic carbocycles. The van der Waals surface area contributed by atoms with Crippen molar-refractivity contribution in [2.45, 2.75) is 30.8 Å². The molecule has 0 aliphatic carbocycles. The quantitative estimate of drug-likeness (QED) is 0.921. The predicted octanol–water partition coefficient (Wildman–Crippen LogP) is 3.23. The first-order chi connectivity index (χ1) is 9.79. The summed E-state index contributed by atoms with van der Waals surface area (Å²) < 4.78 is 42.0. The van der Waals surface area contributed by atoms with E-state index in [-0.39, 0.29) is 17.0 Å². The van der Waals surface area contributed by atoms with Crippen LogP contribution in [-0.2, 0) is 9.84 Å². The van der Waals surface area contributed by atoms with Gasteiger partial charge in [0.15, 0.2) is 9.84 Å². The summed E-state index contributed by atoms with van der Waals surface area (Å²) >= 11 is 0. The Morgan fingerprint density at radius 3 is 2.43 bits per heavy atom. The molecule has 0 saturated heterocycles. The molecule has 0 radical (unpaired) electrons. The normalized spacial score (nSPS) is 14.9. The molecule has 0 saturated carbocycles. The molecule has 0 unspecified atom stereocenters. The van der Waals surface area contributed by atoms with Crippen molar-refractivity contribution in [3.05, 3.63) is 53.7 Å². The Balaban J connectivity index is 2.17. The minimum atomic E-state index is -3.54. The smallest absolute Gasteiger partial charge is 0.178 e. The summed E-state index contributed by atoms with van der Waals surface area (Å²) in [5, 5.41) is 3.27. The van der Waals surface area contributed by atoms with Crippen LogP contribution in [0.4, 0.5) is 4.39 Å². The van der Waals surface area contributed by atoms with Crippen LogP contribution in [0, 0.1) is 5.82 Å². The fourth-order valence-corrected chi connectivity index (χ4v) is 2.91. The van der Waals surface area contributed by atoms with Gasteiger partial charge in [-0.1, -0.05) is 6.07 Å². The highest BCUT2D eigenvalue weighted by atomic mass is 32.2. The molecule has 2 atom stereocenters. The molecule has 114 valence electrons. The molecule has 2 aromatic rings. The minimum absolute atomic E-state index is 0.0346. The average molecular weight is 311 g/mol. The van der Waals surface area contributed by atoms with Gasteiger partial charge in [0.05, 0.1) is 12.3 Å². The number of sulfone groups is 1. The molecule has 0 amide bonds. The van der Waals surface area contributed by atoms with E-state index in [1.54, 1.807) is 18.4 Å². The molecule has 0 bridgehead atoms. The third-order valence-electron chi connectivity index (χ3n) is 3.33. The third kappa shape index (κ3) is 3.71. The Kier molecular flexibility index (Phi) is 4.49. The molecule has 21 heavy (non-hydrogen) atoms. The summed E-state index contributed by atoms with van der Waals surface area (Å²) in [6.45, 7) is 3.82. The van der Waals surface area contributed by atoms with Crippen molar-refractivity contribution in [3.63, 3.8) is 0 Å². The van der Waals surface area contributed by atoms with E-state index in [9.17, 15) is 12.8 Å². The van der Waals surface area contributed by atoms with E-state index in [1.165, 1.54) is 12.1 Å². The molecule has 0 fully saturated rings. The van der Waals surface area contributed by atoms with Crippen LogP contribution < -0.4 is 5.32 Å². The summed E-state index contributed by atoms with van der Waals surface area (Å²) in [6.07, 6.45) is 2.59. The zero-order valence-electron chi connectivity index (χ0n) is 12.1. The highest BCUT2D eigenvalue weighted by Gasteiger charge is 2.17. The molecule has 0 aliphatic rings. The third-order valence-corrected chi connectivity index (χ3v) is 4.46. The summed E-state index contributed by atoms with van der Waals surface area (Å²) in [4.78, 5) is -0.280. The second-order valence-corrected chi connectivity index (χ2v) is 7.07. The summed E-state index contributed by atoms with van der Waals surface area (Å²) in [5.74, 6) is 0.0596. The second kappa shape index (κ2) is 5.99. The molecule has 2 rings (SSSR count). The van der Waals surface area contributed by atoms with Crippen LogP contribution >= 0.6 is 0 Å². The topological polar surface area (TPSA) is 59.3 Å². The lowest BCUT2D eigenvalue weighted by atomic mass is 10.1. The van der Waals surface area contributed by atoms with Gasteiger partial charge < -0.3 is 9.73 Å². The molecule has 0 aliphatic heterocycles. The Bertz CT molecular complexity index is 711. The molecular formula is C15H18FNO3S. The number of rotatable bonds is 5. The van der Waals surface area contributed by atoms with Gasteiger partial charge in [-0.05, 0) is 43.7 Å². The predicted molar refractivity (Wildman–Crippen MR) is 78.2 cm³/mol. The van der Waals surface area contributed by atoms with Gasteiger partial charge in [-0.3, -0.25) is 0 Å². The van der Waals surface area contributed by atoms with Gasteiger partial charge in [-0.2, -0.15) is 0 Å². The van der Waals surface area contributed by atoms with Crippen molar-refractivity contribution >= 4 is 9.84 Å². The van der Waals surface area contributed by atoms with Gasteiger partial charge in [0.25, 0.3) is 0 Å². The largest absolute Gasteiger partial charge is 0.468 e. The van der Waals surface area contributed by atoms with Crippen LogP contribution in [0.3, 0.4) is 0 Å². The van der Waals surface area contributed by atoms with E-state index < -0.39 is 15.7 Å². The summed E-state index contributed by atoms with van der Waals surface area (Å²) in [5.41, 5.74) is 0.679. The van der Waals surface area contributed by atoms with Crippen molar-refractivity contribution in [1.29, 1.82) is 0 Å². The van der Waals surface area contributed by atoms with E-state index in [2.05, 4.69) is 5.32 Å². The zero-order chi connectivity index (χ0) is 15.6. The van der Waals surface area contributed by atoms with Crippen molar-refractivity contribution in [2.24, 2.45) is 0 Å². The standard InChI is InChI=1S/C15H18FNO3S/c1-10(17-11(2)14-5-4-8-20-14)12-6-7-15(13(16)9-12)21(3,18)19/h4-11,17H,1-3H3/t10-,11+/m0/s1. The monoisotopic (exact) mass is 311 g/mol. The first-order valence-corrected chi connectivity index (χ1v) is 8.47. The highest BCUT2D eigenvalue weighted by molar-refractivity contribution is 7.90. The Hall–Kier alpha value is -1.66. The lowest BCUT2D eigenvalue weighted by molar-refractivity contribution is 0.402. The highest BCUT2D eigenvalue weighted by Crippen LogP contribution is 2.23. The molecule has 4 nitrogen and oxygen atoms in total. The van der Waals surface area contributed by atoms with Crippen molar-refractivity contribution < 1.29 is 17.2 Å². The van der Waals surface area contributed by atoms with Crippen molar-refractivity contribution in [2.75, 3.05) is 6.26 Å². The Morgan fingerprint density at radius 2 is 1.90 bits per heavy atom. The van der Waals surface area contributed by atoms with Crippen LogP contribution in [0.25, 0.3) is 0 Å². The van der Waals surface area contributed by atoms with Crippen LogP contribution in [0.1, 0.15) is 37.3 Å². The first-order valence-electron chi connectivity index (χ1n) is 6.58. The van der Waals surface area contributed by atoms with Crippen molar-refractivity contribution in [3.8, 4) is 0 Å². The molecule has 1 aromatic heterocycles. The summed E-state index contributed by atoms with van der Waals surface area (Å²) in [7, 11) is -3.54. The van der Waals surface area contributed by atoms with E-state index >= 15 is 0 Å². The maximum absolute atomic E-state index is 13.9. The molecular weight excluding hydrogens is 293 g/mol. The number of nitrogens with one attached hydrogen (secondary N) is 1. The fraction of sp³-hybridized carbons (Fsp3) is 0.333. The van der Waals surface area contributed by atoms with Gasteiger partial charge in [0, 0.05) is 12.3 Å². The molecule has 0 spiro atoms. The maximum Gasteiger partial charge on any atom is 0.178 e. The summed E-state index contributed by atoms with van der Waals surface area (Å²) in [6, 6.07) is 7.65. The number of hydrogen-bond acceptors (Lipinski definition) is 4. The van der Waals surface area contributed by atoms with Gasteiger partial charge in [0.1, 0.15) is 16.5 Å². The van der Waals surface area contributed by atoms with E-state index in [4.69, 9.17) is 4.42 Å². The lowest BCUT2D eigenvalue weighted by Crippen LogP contribution is -2.22. The molecule has 6 heteroatoms. The van der Waals surface area contributed by atoms with Gasteiger partial charge in [-0.25, -0.2) is 12.8 Å². The molecule has 1 heterocycles. The Labute approximate surface area is 123 Å². The number of benzene rings is 1. The minimum Gasteiger partial charge on any atom is -0.468 e. The van der Waals surface area contributed by atoms with Crippen LogP contribution in [0.15, 0.2) is 45.9 Å². The van der Waals surface area contributed by atoms with E-state index in [0.29, 0.717) is 5.56 Å². The first kappa shape index (κ1) is 15.7. The van der Waals surface area contributed by atoms with E-state index in [1.807, 2.05) is 19.9 Å². The van der Waals surface area contributed by atoms with Gasteiger partial charge in [-0.15, -0.1) is 0 Å². The number of hydrogen-bond donors (Lipinski definition) is 1. The van der Waals surface area contributed by atoms with Crippen molar-refractivity contribution in [1.82, 2.24) is 5.32 Å². The Morgan fingerprint density at radius 1 is 1.19 bits per heavy atom.